The van der Waals surface area contributed by atoms with Crippen LogP contribution in [0.25, 0.3) is 10.2 Å². The van der Waals surface area contributed by atoms with E-state index in [4.69, 9.17) is 0 Å². The molecule has 11 heteroatoms. The van der Waals surface area contributed by atoms with Crippen LogP contribution < -0.4 is 4.80 Å². The minimum absolute atomic E-state index is 0.0532. The lowest BCUT2D eigenvalue weighted by Gasteiger charge is -2.20. The normalized spacial score (nSPS) is 12.2. The van der Waals surface area contributed by atoms with Gasteiger partial charge in [-0.25, -0.2) is 8.42 Å². The lowest BCUT2D eigenvalue weighted by atomic mass is 10.2. The molecule has 0 spiro atoms. The molecule has 0 N–H and O–H groups in total. The van der Waals surface area contributed by atoms with Gasteiger partial charge < -0.3 is 4.57 Å². The molecule has 190 valence electrons. The van der Waals surface area contributed by atoms with Crippen LogP contribution in [0.1, 0.15) is 22.8 Å². The van der Waals surface area contributed by atoms with E-state index in [9.17, 15) is 23.3 Å². The summed E-state index contributed by atoms with van der Waals surface area (Å²) in [5.41, 5.74) is 1.74. The summed E-state index contributed by atoms with van der Waals surface area (Å²) in [4.78, 5) is 28.3. The molecule has 0 aliphatic heterocycles. The predicted octanol–water partition coefficient (Wildman–Crippen LogP) is 4.75. The van der Waals surface area contributed by atoms with E-state index in [0.29, 0.717) is 28.1 Å². The number of carbonyl (C=O) groups is 1. The average Bonchev–Trinajstić information content (AvgIpc) is 3.24. The van der Waals surface area contributed by atoms with Gasteiger partial charge in [-0.15, -0.1) is 6.58 Å². The van der Waals surface area contributed by atoms with Gasteiger partial charge >= 0.3 is 0 Å². The van der Waals surface area contributed by atoms with Crippen molar-refractivity contribution in [2.75, 3.05) is 6.54 Å². The summed E-state index contributed by atoms with van der Waals surface area (Å²) in [7, 11) is -3.77. The number of amides is 1. The Bertz CT molecular complexity index is 1640. The van der Waals surface area contributed by atoms with E-state index in [0.717, 1.165) is 16.9 Å². The quantitative estimate of drug-likeness (QED) is 0.174. The van der Waals surface area contributed by atoms with Gasteiger partial charge in [0.2, 0.25) is 10.0 Å². The highest BCUT2D eigenvalue weighted by Crippen LogP contribution is 2.24. The van der Waals surface area contributed by atoms with Crippen LogP contribution in [0, 0.1) is 10.1 Å². The van der Waals surface area contributed by atoms with Crippen LogP contribution in [-0.2, 0) is 23.1 Å². The number of hydrogen-bond donors (Lipinski definition) is 0. The molecular weight excluding hydrogens is 512 g/mol. The molecule has 0 radical (unpaired) electrons. The van der Waals surface area contributed by atoms with Gasteiger partial charge in [-0.2, -0.15) is 9.30 Å². The molecule has 0 saturated carbocycles. The number of sulfonamides is 1. The summed E-state index contributed by atoms with van der Waals surface area (Å²) in [6.45, 7) is 6.40. The monoisotopic (exact) mass is 536 g/mol. The van der Waals surface area contributed by atoms with Gasteiger partial charge in [0.1, 0.15) is 0 Å². The number of hydrogen-bond acceptors (Lipinski definition) is 6. The van der Waals surface area contributed by atoms with Crippen molar-refractivity contribution in [2.24, 2.45) is 4.99 Å². The third-order valence-electron chi connectivity index (χ3n) is 5.68. The Morgan fingerprint density at radius 1 is 1.14 bits per heavy atom. The van der Waals surface area contributed by atoms with Gasteiger partial charge in [0.25, 0.3) is 11.6 Å². The number of rotatable bonds is 9. The number of non-ortho nitro benzene ring substituents is 1. The van der Waals surface area contributed by atoms with Crippen molar-refractivity contribution in [3.05, 3.63) is 111 Å². The maximum Gasteiger partial charge on any atom is 0.279 e. The van der Waals surface area contributed by atoms with Gasteiger partial charge in [-0.05, 0) is 35.9 Å². The Morgan fingerprint density at radius 2 is 1.84 bits per heavy atom. The highest BCUT2D eigenvalue weighted by Gasteiger charge is 2.23. The fourth-order valence-electron chi connectivity index (χ4n) is 3.79. The largest absolute Gasteiger partial charge is 0.312 e. The number of carbonyl (C=O) groups excluding carboxylic acids is 1. The molecule has 0 aliphatic carbocycles. The van der Waals surface area contributed by atoms with Gasteiger partial charge in [0.05, 0.1) is 20.0 Å². The zero-order valence-electron chi connectivity index (χ0n) is 20.0. The predicted molar refractivity (Wildman–Crippen MR) is 143 cm³/mol. The van der Waals surface area contributed by atoms with Crippen molar-refractivity contribution in [1.29, 1.82) is 0 Å². The maximum absolute atomic E-state index is 13.2. The Balaban J connectivity index is 1.64. The molecule has 0 saturated heterocycles. The number of fused-ring (bicyclic) bond motifs is 1. The van der Waals surface area contributed by atoms with E-state index in [1.807, 2.05) is 30.3 Å². The molecular formula is C26H24N4O5S2. The van der Waals surface area contributed by atoms with Crippen LogP contribution in [0.15, 0.2) is 95.3 Å². The number of thiazole rings is 1. The van der Waals surface area contributed by atoms with Crippen molar-refractivity contribution in [2.45, 2.75) is 24.9 Å². The van der Waals surface area contributed by atoms with E-state index in [1.165, 1.54) is 40.7 Å². The van der Waals surface area contributed by atoms with Crippen molar-refractivity contribution < 1.29 is 18.1 Å². The van der Waals surface area contributed by atoms with E-state index in [1.54, 1.807) is 23.6 Å². The van der Waals surface area contributed by atoms with Gasteiger partial charge in [-0.1, -0.05) is 54.7 Å². The van der Waals surface area contributed by atoms with Crippen molar-refractivity contribution >= 4 is 43.2 Å². The second-order valence-electron chi connectivity index (χ2n) is 8.05. The van der Waals surface area contributed by atoms with E-state index >= 15 is 0 Å². The molecule has 4 rings (SSSR count). The number of benzene rings is 3. The van der Waals surface area contributed by atoms with Crippen molar-refractivity contribution in [3.8, 4) is 0 Å². The Hall–Kier alpha value is -3.93. The van der Waals surface area contributed by atoms with Gasteiger partial charge in [0.15, 0.2) is 4.80 Å². The number of aromatic nitrogens is 1. The number of nitro groups is 1. The summed E-state index contributed by atoms with van der Waals surface area (Å²) in [5.74, 6) is -0.556. The molecule has 0 atom stereocenters. The zero-order chi connectivity index (χ0) is 26.6. The second-order valence-corrected chi connectivity index (χ2v) is 11.0. The Kier molecular flexibility index (Phi) is 7.77. The molecule has 9 nitrogen and oxygen atoms in total. The summed E-state index contributed by atoms with van der Waals surface area (Å²) in [6, 6.07) is 19.5. The first-order valence-electron chi connectivity index (χ1n) is 11.4. The van der Waals surface area contributed by atoms with Crippen LogP contribution in [-0.4, -0.2) is 34.7 Å². The third kappa shape index (κ3) is 5.58. The minimum atomic E-state index is -3.77. The van der Waals surface area contributed by atoms with Crippen LogP contribution in [0.2, 0.25) is 0 Å². The first-order chi connectivity index (χ1) is 17.7. The number of nitro benzene ring substituents is 1. The molecule has 37 heavy (non-hydrogen) atoms. The smallest absolute Gasteiger partial charge is 0.279 e. The molecule has 4 aromatic rings. The zero-order valence-corrected chi connectivity index (χ0v) is 21.6. The average molecular weight is 537 g/mol. The third-order valence-corrected chi connectivity index (χ3v) is 8.66. The lowest BCUT2D eigenvalue weighted by molar-refractivity contribution is -0.384. The number of nitrogens with zero attached hydrogens (tertiary/aromatic N) is 4. The van der Waals surface area contributed by atoms with Crippen LogP contribution >= 0.6 is 11.3 Å². The molecule has 3 aromatic carbocycles. The van der Waals surface area contributed by atoms with Crippen LogP contribution in [0.3, 0.4) is 0 Å². The Morgan fingerprint density at radius 3 is 2.46 bits per heavy atom. The second kappa shape index (κ2) is 11.0. The van der Waals surface area contributed by atoms with Gasteiger partial charge in [0, 0.05) is 37.3 Å². The molecule has 1 amide bonds. The molecule has 0 fully saturated rings. The SMILES string of the molecule is C=CCn1c(=NC(=O)c2ccc(S(=O)(=O)N(CC)Cc3ccccc3)cc2)sc2cc([N+](=O)[O-])ccc21. The first-order valence-corrected chi connectivity index (χ1v) is 13.6. The minimum Gasteiger partial charge on any atom is -0.312 e. The highest BCUT2D eigenvalue weighted by atomic mass is 32.2. The number of allylic oxidation sites excluding steroid dienone is 1. The molecule has 0 aliphatic rings. The molecule has 0 bridgehead atoms. The summed E-state index contributed by atoms with van der Waals surface area (Å²) >= 11 is 1.15. The summed E-state index contributed by atoms with van der Waals surface area (Å²) < 4.78 is 30.1. The van der Waals surface area contributed by atoms with Crippen LogP contribution in [0.4, 0.5) is 5.69 Å². The van der Waals surface area contributed by atoms with Crippen LogP contribution in [0.5, 0.6) is 0 Å². The Labute approximate surface area is 217 Å². The lowest BCUT2D eigenvalue weighted by Crippen LogP contribution is -2.30. The fraction of sp³-hybridized carbons (Fsp3) is 0.154. The van der Waals surface area contributed by atoms with E-state index in [2.05, 4.69) is 11.6 Å². The topological polar surface area (TPSA) is 115 Å². The molecule has 1 heterocycles. The van der Waals surface area contributed by atoms with Gasteiger partial charge in [-0.3, -0.25) is 14.9 Å². The molecule has 0 unspecified atom stereocenters. The van der Waals surface area contributed by atoms with E-state index in [-0.39, 0.29) is 22.7 Å². The standard InChI is InChI=1S/C26H24N4O5S2/c1-3-16-29-23-15-12-21(30(32)33)17-24(23)36-26(29)27-25(31)20-10-13-22(14-11-20)37(34,35)28(4-2)18-19-8-6-5-7-9-19/h3,5-15,17H,1,4,16,18H2,2H3. The van der Waals surface area contributed by atoms with Crippen molar-refractivity contribution in [3.63, 3.8) is 0 Å². The summed E-state index contributed by atoms with van der Waals surface area (Å²) in [5, 5.41) is 11.1. The maximum atomic E-state index is 13.2. The first kappa shape index (κ1) is 26.1. The van der Waals surface area contributed by atoms with E-state index < -0.39 is 20.9 Å². The highest BCUT2D eigenvalue weighted by molar-refractivity contribution is 7.89. The fourth-order valence-corrected chi connectivity index (χ4v) is 6.30. The summed E-state index contributed by atoms with van der Waals surface area (Å²) in [6.07, 6.45) is 1.64. The van der Waals surface area contributed by atoms with Crippen molar-refractivity contribution in [1.82, 2.24) is 8.87 Å². The molecule has 1 aromatic heterocycles.